The zero-order chi connectivity index (χ0) is 21.1. The maximum absolute atomic E-state index is 11.3. The van der Waals surface area contributed by atoms with Crippen molar-refractivity contribution in [1.82, 2.24) is 0 Å². The fraction of sp³-hybridized carbons (Fsp3) is 1.00. The topological polar surface area (TPSA) is 77.4 Å². The van der Waals surface area contributed by atoms with Gasteiger partial charge in [-0.25, -0.2) is 8.42 Å². The van der Waals surface area contributed by atoms with Crippen molar-refractivity contribution in [2.75, 3.05) is 0 Å². The van der Waals surface area contributed by atoms with Gasteiger partial charge in [-0.2, -0.15) is 0 Å². The smallest absolute Gasteiger partial charge is 0.748 e. The summed E-state index contributed by atoms with van der Waals surface area (Å²) in [7, 11) is -4.18. The molecular weight excluding hydrogens is 411 g/mol. The average molecular weight is 459 g/mol. The Morgan fingerprint density at radius 1 is 0.621 bits per heavy atom. The summed E-state index contributed by atoms with van der Waals surface area (Å²) in [6.45, 7) is 4.25. The van der Waals surface area contributed by atoms with Crippen LogP contribution in [-0.2, 0) is 10.1 Å². The SMILES string of the molecule is CCCCCCCCCCCCCC(O)CCCCC(CCCC)S(=O)(=O)[O-].[K+]. The number of hydrogen-bond donors (Lipinski definition) is 1. The van der Waals surface area contributed by atoms with Gasteiger partial charge >= 0.3 is 51.4 Å². The van der Waals surface area contributed by atoms with Crippen molar-refractivity contribution in [1.29, 1.82) is 0 Å². The standard InChI is InChI=1S/C23H48O4S.K/c1-3-5-7-8-9-10-11-12-13-14-15-18-22(24)19-16-17-21-23(20-6-4-2)28(25,26)27;/h22-24H,3-21H2,1-2H3,(H,25,26,27);/q;+1/p-1. The van der Waals surface area contributed by atoms with Gasteiger partial charge in [-0.05, 0) is 25.7 Å². The van der Waals surface area contributed by atoms with E-state index in [0.717, 1.165) is 38.5 Å². The van der Waals surface area contributed by atoms with Gasteiger partial charge in [0.25, 0.3) is 0 Å². The van der Waals surface area contributed by atoms with Crippen molar-refractivity contribution in [2.45, 2.75) is 147 Å². The van der Waals surface area contributed by atoms with E-state index in [1.54, 1.807) is 0 Å². The Morgan fingerprint density at radius 3 is 1.41 bits per heavy atom. The molecule has 4 nitrogen and oxygen atoms in total. The summed E-state index contributed by atoms with van der Waals surface area (Å²) in [5.41, 5.74) is 0. The van der Waals surface area contributed by atoms with Crippen molar-refractivity contribution in [2.24, 2.45) is 0 Å². The molecule has 0 saturated heterocycles. The van der Waals surface area contributed by atoms with Crippen LogP contribution in [0.5, 0.6) is 0 Å². The third-order valence-corrected chi connectivity index (χ3v) is 7.03. The van der Waals surface area contributed by atoms with E-state index in [1.807, 2.05) is 6.92 Å². The second-order valence-electron chi connectivity index (χ2n) is 8.52. The predicted octanol–water partition coefficient (Wildman–Crippen LogP) is 3.72. The molecule has 170 valence electrons. The summed E-state index contributed by atoms with van der Waals surface area (Å²) in [6, 6.07) is 0. The zero-order valence-electron chi connectivity index (χ0n) is 19.7. The minimum atomic E-state index is -4.18. The average Bonchev–Trinajstić information content (AvgIpc) is 2.64. The molecule has 6 heteroatoms. The van der Waals surface area contributed by atoms with E-state index in [1.165, 1.54) is 64.2 Å². The van der Waals surface area contributed by atoms with E-state index in [4.69, 9.17) is 0 Å². The monoisotopic (exact) mass is 458 g/mol. The molecular formula is C23H47KO4S. The van der Waals surface area contributed by atoms with Crippen LogP contribution in [0.25, 0.3) is 0 Å². The normalized spacial score (nSPS) is 13.8. The Hall–Kier alpha value is 1.51. The molecule has 0 rings (SSSR count). The van der Waals surface area contributed by atoms with Crippen LogP contribution in [0.4, 0.5) is 0 Å². The Labute approximate surface area is 224 Å². The van der Waals surface area contributed by atoms with Crippen LogP contribution < -0.4 is 51.4 Å². The first-order valence-corrected chi connectivity index (χ1v) is 13.5. The van der Waals surface area contributed by atoms with Crippen LogP contribution in [-0.4, -0.2) is 29.4 Å². The van der Waals surface area contributed by atoms with Gasteiger partial charge in [-0.15, -0.1) is 0 Å². The summed E-state index contributed by atoms with van der Waals surface area (Å²) in [6.07, 6.45) is 19.8. The van der Waals surface area contributed by atoms with E-state index in [9.17, 15) is 18.1 Å². The van der Waals surface area contributed by atoms with Crippen LogP contribution in [0.15, 0.2) is 0 Å². The fourth-order valence-electron chi connectivity index (χ4n) is 3.81. The number of rotatable bonds is 21. The first-order valence-electron chi connectivity index (χ1n) is 12.0. The number of hydrogen-bond acceptors (Lipinski definition) is 4. The molecule has 0 spiro atoms. The van der Waals surface area contributed by atoms with Gasteiger partial charge in [-0.3, -0.25) is 0 Å². The second kappa shape index (κ2) is 22.7. The zero-order valence-corrected chi connectivity index (χ0v) is 23.6. The molecule has 0 bridgehead atoms. The first-order chi connectivity index (χ1) is 13.4. The molecule has 2 unspecified atom stereocenters. The maximum atomic E-state index is 11.3. The predicted molar refractivity (Wildman–Crippen MR) is 119 cm³/mol. The maximum Gasteiger partial charge on any atom is 1.00 e. The van der Waals surface area contributed by atoms with Gasteiger partial charge in [0, 0.05) is 5.25 Å². The molecule has 0 aromatic carbocycles. The van der Waals surface area contributed by atoms with E-state index < -0.39 is 15.4 Å². The summed E-state index contributed by atoms with van der Waals surface area (Å²) in [4.78, 5) is 0. The van der Waals surface area contributed by atoms with Crippen molar-refractivity contribution in [3.63, 3.8) is 0 Å². The fourth-order valence-corrected chi connectivity index (χ4v) is 4.72. The van der Waals surface area contributed by atoms with Crippen molar-refractivity contribution >= 4 is 10.1 Å². The van der Waals surface area contributed by atoms with Gasteiger partial charge < -0.3 is 9.66 Å². The van der Waals surface area contributed by atoms with Crippen LogP contribution >= 0.6 is 0 Å². The van der Waals surface area contributed by atoms with Gasteiger partial charge in [0.15, 0.2) is 0 Å². The molecule has 1 N–H and O–H groups in total. The van der Waals surface area contributed by atoms with E-state index in [0.29, 0.717) is 19.3 Å². The van der Waals surface area contributed by atoms with Crippen LogP contribution in [0.3, 0.4) is 0 Å². The van der Waals surface area contributed by atoms with Gasteiger partial charge in [0.05, 0.1) is 16.2 Å². The molecule has 2 atom stereocenters. The third kappa shape index (κ3) is 22.5. The summed E-state index contributed by atoms with van der Waals surface area (Å²) in [5, 5.41) is 9.34. The van der Waals surface area contributed by atoms with Crippen LogP contribution in [0, 0.1) is 0 Å². The molecule has 0 aromatic heterocycles. The van der Waals surface area contributed by atoms with Crippen LogP contribution in [0.1, 0.15) is 136 Å². The molecule has 0 saturated carbocycles. The molecule has 0 aliphatic heterocycles. The molecule has 0 heterocycles. The first kappa shape index (κ1) is 32.7. The van der Waals surface area contributed by atoms with Gasteiger partial charge in [0.2, 0.25) is 0 Å². The quantitative estimate of drug-likeness (QED) is 0.162. The molecule has 0 aromatic rings. The number of aliphatic hydroxyl groups excluding tert-OH is 1. The van der Waals surface area contributed by atoms with E-state index in [2.05, 4.69) is 6.92 Å². The Balaban J connectivity index is 0. The van der Waals surface area contributed by atoms with Crippen molar-refractivity contribution in [3.05, 3.63) is 0 Å². The molecule has 0 fully saturated rings. The molecule has 0 amide bonds. The third-order valence-electron chi connectivity index (χ3n) is 5.74. The van der Waals surface area contributed by atoms with Crippen molar-refractivity contribution in [3.8, 4) is 0 Å². The molecule has 0 aliphatic rings. The molecule has 0 aliphatic carbocycles. The van der Waals surface area contributed by atoms with Crippen molar-refractivity contribution < 1.29 is 69.5 Å². The minimum Gasteiger partial charge on any atom is -0.748 e. The largest absolute Gasteiger partial charge is 1.00 e. The Morgan fingerprint density at radius 2 is 0.966 bits per heavy atom. The second-order valence-corrected chi connectivity index (χ2v) is 10.2. The van der Waals surface area contributed by atoms with Gasteiger partial charge in [-0.1, -0.05) is 110 Å². The Kier molecular flexibility index (Phi) is 25.6. The summed E-state index contributed by atoms with van der Waals surface area (Å²) in [5.74, 6) is 0. The Bertz CT molecular complexity index is 429. The van der Waals surface area contributed by atoms with Gasteiger partial charge in [0.1, 0.15) is 0 Å². The summed E-state index contributed by atoms with van der Waals surface area (Å²) < 4.78 is 33.9. The number of aliphatic hydroxyl groups is 1. The number of unbranched alkanes of at least 4 members (excludes halogenated alkanes) is 12. The van der Waals surface area contributed by atoms with E-state index >= 15 is 0 Å². The summed E-state index contributed by atoms with van der Waals surface area (Å²) >= 11 is 0. The minimum absolute atomic E-state index is 0. The van der Waals surface area contributed by atoms with Crippen LogP contribution in [0.2, 0.25) is 0 Å². The van der Waals surface area contributed by atoms with E-state index in [-0.39, 0.29) is 57.5 Å². The molecule has 29 heavy (non-hydrogen) atoms. The molecule has 0 radical (unpaired) electrons.